The van der Waals surface area contributed by atoms with Crippen LogP contribution in [0.15, 0.2) is 12.1 Å². The van der Waals surface area contributed by atoms with E-state index in [1.165, 1.54) is 16.7 Å². The minimum absolute atomic E-state index is 0.00348. The average molecular weight is 265 g/mol. The van der Waals surface area contributed by atoms with Crippen molar-refractivity contribution in [1.29, 1.82) is 0 Å². The van der Waals surface area contributed by atoms with Crippen LogP contribution in [-0.2, 0) is 6.54 Å². The molecule has 0 unspecified atom stereocenters. The smallest absolute Gasteiger partial charge is 0.124 e. The summed E-state index contributed by atoms with van der Waals surface area (Å²) in [5.41, 5.74) is 3.62. The van der Waals surface area contributed by atoms with Gasteiger partial charge in [-0.2, -0.15) is 0 Å². The van der Waals surface area contributed by atoms with Crippen molar-refractivity contribution in [3.05, 3.63) is 28.8 Å². The molecule has 0 saturated heterocycles. The molecule has 3 nitrogen and oxygen atoms in total. The first kappa shape index (κ1) is 16.0. The van der Waals surface area contributed by atoms with Crippen LogP contribution < -0.4 is 4.74 Å². The molecule has 19 heavy (non-hydrogen) atoms. The lowest BCUT2D eigenvalue weighted by Gasteiger charge is -2.35. The summed E-state index contributed by atoms with van der Waals surface area (Å²) in [5.74, 6) is 0.973. The van der Waals surface area contributed by atoms with Crippen molar-refractivity contribution in [2.75, 3.05) is 20.8 Å². The number of ether oxygens (including phenoxy) is 1. The van der Waals surface area contributed by atoms with E-state index in [1.807, 2.05) is 0 Å². The topological polar surface area (TPSA) is 32.7 Å². The second-order valence-electron chi connectivity index (χ2n) is 5.90. The van der Waals surface area contributed by atoms with Gasteiger partial charge in [-0.25, -0.2) is 0 Å². The summed E-state index contributed by atoms with van der Waals surface area (Å²) in [5, 5.41) is 9.13. The molecule has 1 aromatic rings. The maximum Gasteiger partial charge on any atom is 0.124 e. The predicted octanol–water partition coefficient (Wildman–Crippen LogP) is 2.90. The first-order chi connectivity index (χ1) is 8.81. The van der Waals surface area contributed by atoms with Crippen LogP contribution in [0.25, 0.3) is 0 Å². The molecule has 0 radical (unpaired) electrons. The Morgan fingerprint density at radius 1 is 1.21 bits per heavy atom. The van der Waals surface area contributed by atoms with Crippen LogP contribution in [0.1, 0.15) is 37.0 Å². The summed E-state index contributed by atoms with van der Waals surface area (Å²) < 4.78 is 5.39. The van der Waals surface area contributed by atoms with Gasteiger partial charge in [0.2, 0.25) is 0 Å². The number of benzene rings is 1. The Hall–Kier alpha value is -1.06. The molecule has 108 valence electrons. The quantitative estimate of drug-likeness (QED) is 0.858. The van der Waals surface area contributed by atoms with Gasteiger partial charge in [-0.05, 0) is 57.9 Å². The SMILES string of the molecule is COc1c(C)cc(CN(C)C(C)(C)CCO)cc1C. The van der Waals surface area contributed by atoms with Gasteiger partial charge in [-0.15, -0.1) is 0 Å². The van der Waals surface area contributed by atoms with Crippen LogP contribution in [0.3, 0.4) is 0 Å². The summed E-state index contributed by atoms with van der Waals surface area (Å²) in [7, 11) is 3.82. The van der Waals surface area contributed by atoms with E-state index in [2.05, 4.69) is 51.8 Å². The molecule has 0 bridgehead atoms. The second kappa shape index (κ2) is 6.40. The van der Waals surface area contributed by atoms with Gasteiger partial charge >= 0.3 is 0 Å². The van der Waals surface area contributed by atoms with Gasteiger partial charge in [0.25, 0.3) is 0 Å². The van der Waals surface area contributed by atoms with Gasteiger partial charge in [-0.3, -0.25) is 4.90 Å². The van der Waals surface area contributed by atoms with Crippen LogP contribution in [0.5, 0.6) is 5.75 Å². The minimum Gasteiger partial charge on any atom is -0.496 e. The summed E-state index contributed by atoms with van der Waals surface area (Å²) in [6, 6.07) is 4.36. The van der Waals surface area contributed by atoms with Gasteiger partial charge < -0.3 is 9.84 Å². The number of aliphatic hydroxyl groups is 1. The fraction of sp³-hybridized carbons (Fsp3) is 0.625. The van der Waals surface area contributed by atoms with Crippen molar-refractivity contribution in [1.82, 2.24) is 4.90 Å². The van der Waals surface area contributed by atoms with Crippen molar-refractivity contribution in [3.63, 3.8) is 0 Å². The van der Waals surface area contributed by atoms with E-state index in [4.69, 9.17) is 9.84 Å². The lowest BCUT2D eigenvalue weighted by Crippen LogP contribution is -2.41. The van der Waals surface area contributed by atoms with Crippen molar-refractivity contribution in [2.45, 2.75) is 46.2 Å². The summed E-state index contributed by atoms with van der Waals surface area (Å²) in [6.45, 7) is 9.57. The average Bonchev–Trinajstić information content (AvgIpc) is 2.28. The van der Waals surface area contributed by atoms with Crippen molar-refractivity contribution >= 4 is 0 Å². The number of hydrogen-bond acceptors (Lipinski definition) is 3. The lowest BCUT2D eigenvalue weighted by molar-refractivity contribution is 0.110. The van der Waals surface area contributed by atoms with Crippen LogP contribution >= 0.6 is 0 Å². The van der Waals surface area contributed by atoms with Gasteiger partial charge in [0.1, 0.15) is 5.75 Å². The van der Waals surface area contributed by atoms with Gasteiger partial charge in [0.05, 0.1) is 7.11 Å². The molecule has 0 heterocycles. The normalized spacial score (nSPS) is 12.0. The second-order valence-corrected chi connectivity index (χ2v) is 5.90. The Bertz CT molecular complexity index is 404. The van der Waals surface area contributed by atoms with Crippen LogP contribution in [0, 0.1) is 13.8 Å². The summed E-state index contributed by atoms with van der Waals surface area (Å²) in [6.07, 6.45) is 0.775. The maximum atomic E-state index is 9.13. The zero-order valence-electron chi connectivity index (χ0n) is 13.1. The van der Waals surface area contributed by atoms with Crippen molar-refractivity contribution in [3.8, 4) is 5.75 Å². The first-order valence-electron chi connectivity index (χ1n) is 6.78. The highest BCUT2D eigenvalue weighted by atomic mass is 16.5. The molecule has 0 atom stereocenters. The van der Waals surface area contributed by atoms with E-state index in [0.717, 1.165) is 18.7 Å². The Labute approximate surface area is 117 Å². The summed E-state index contributed by atoms with van der Waals surface area (Å²) in [4.78, 5) is 2.28. The fourth-order valence-corrected chi connectivity index (χ4v) is 2.41. The van der Waals surface area contributed by atoms with E-state index in [0.29, 0.717) is 0 Å². The maximum absolute atomic E-state index is 9.13. The third-order valence-corrected chi connectivity index (χ3v) is 3.90. The monoisotopic (exact) mass is 265 g/mol. The lowest BCUT2D eigenvalue weighted by atomic mass is 9.97. The number of aryl methyl sites for hydroxylation is 2. The summed E-state index contributed by atoms with van der Waals surface area (Å²) >= 11 is 0. The van der Waals surface area contributed by atoms with Crippen LogP contribution in [-0.4, -0.2) is 36.3 Å². The number of aliphatic hydroxyl groups excluding tert-OH is 1. The highest BCUT2D eigenvalue weighted by Gasteiger charge is 2.23. The Balaban J connectivity index is 2.89. The highest BCUT2D eigenvalue weighted by Crippen LogP contribution is 2.26. The molecule has 0 spiro atoms. The largest absolute Gasteiger partial charge is 0.496 e. The van der Waals surface area contributed by atoms with Crippen molar-refractivity contribution in [2.24, 2.45) is 0 Å². The number of methoxy groups -OCH3 is 1. The zero-order chi connectivity index (χ0) is 14.6. The van der Waals surface area contributed by atoms with E-state index < -0.39 is 0 Å². The predicted molar refractivity (Wildman–Crippen MR) is 79.7 cm³/mol. The van der Waals surface area contributed by atoms with Gasteiger partial charge in [-0.1, -0.05) is 12.1 Å². The molecule has 0 aromatic heterocycles. The Morgan fingerprint density at radius 3 is 2.16 bits per heavy atom. The highest BCUT2D eigenvalue weighted by molar-refractivity contribution is 5.43. The van der Waals surface area contributed by atoms with Crippen LogP contribution in [0.4, 0.5) is 0 Å². The molecule has 0 amide bonds. The molecular formula is C16H27NO2. The molecule has 0 fully saturated rings. The number of rotatable bonds is 6. The molecule has 1 aromatic carbocycles. The zero-order valence-corrected chi connectivity index (χ0v) is 13.1. The van der Waals surface area contributed by atoms with E-state index in [1.54, 1.807) is 7.11 Å². The minimum atomic E-state index is -0.00348. The number of nitrogens with zero attached hydrogens (tertiary/aromatic N) is 1. The van der Waals surface area contributed by atoms with Crippen LogP contribution in [0.2, 0.25) is 0 Å². The van der Waals surface area contributed by atoms with E-state index >= 15 is 0 Å². The van der Waals surface area contributed by atoms with E-state index in [9.17, 15) is 0 Å². The standard InChI is InChI=1S/C16H27NO2/c1-12-9-14(10-13(2)15(12)19-6)11-17(5)16(3,4)7-8-18/h9-10,18H,7-8,11H2,1-6H3. The Morgan fingerprint density at radius 2 is 1.74 bits per heavy atom. The first-order valence-corrected chi connectivity index (χ1v) is 6.78. The van der Waals surface area contributed by atoms with Gasteiger partial charge in [0.15, 0.2) is 0 Å². The molecule has 3 heteroatoms. The molecule has 1 N–H and O–H groups in total. The third kappa shape index (κ3) is 3.95. The van der Waals surface area contributed by atoms with Gasteiger partial charge in [0, 0.05) is 18.7 Å². The van der Waals surface area contributed by atoms with Crippen molar-refractivity contribution < 1.29 is 9.84 Å². The molecule has 0 aliphatic carbocycles. The molecule has 0 aliphatic heterocycles. The Kier molecular flexibility index (Phi) is 5.39. The fourth-order valence-electron chi connectivity index (χ4n) is 2.41. The molecular weight excluding hydrogens is 238 g/mol. The molecule has 0 aliphatic rings. The number of hydrogen-bond donors (Lipinski definition) is 1. The third-order valence-electron chi connectivity index (χ3n) is 3.90. The van der Waals surface area contributed by atoms with E-state index in [-0.39, 0.29) is 12.1 Å². The molecule has 0 saturated carbocycles. The molecule has 1 rings (SSSR count).